The molecule has 574 valence electrons. The fraction of sp³-hybridized carbons (Fsp3) is 0.107. The first kappa shape index (κ1) is 72.2. The number of fused-ring (bicyclic) bond motifs is 27. The van der Waals surface area contributed by atoms with Crippen LogP contribution in [0.15, 0.2) is 370 Å². The van der Waals surface area contributed by atoms with Gasteiger partial charge in [0.1, 0.15) is 0 Å². The van der Waals surface area contributed by atoms with E-state index < -0.39 is 0 Å². The molecule has 21 aromatic carbocycles. The molecule has 1 saturated carbocycles. The molecule has 25 rings (SSSR count). The van der Waals surface area contributed by atoms with E-state index in [0.29, 0.717) is 0 Å². The Balaban J connectivity index is 0.000000106. The molecule has 0 heterocycles. The van der Waals surface area contributed by atoms with Gasteiger partial charge in [0.15, 0.2) is 0 Å². The molecule has 0 N–H and O–H groups in total. The van der Waals surface area contributed by atoms with Crippen LogP contribution in [0.3, 0.4) is 0 Å². The Morgan fingerprint density at radius 1 is 0.165 bits per heavy atom. The first-order valence-corrected chi connectivity index (χ1v) is 43.7. The first-order valence-electron chi connectivity index (χ1n) is 43.7. The van der Waals surface area contributed by atoms with Crippen molar-refractivity contribution in [3.63, 3.8) is 0 Å². The maximum atomic E-state index is 2.44. The molecule has 0 heteroatoms. The van der Waals surface area contributed by atoms with Crippen LogP contribution in [-0.4, -0.2) is 0 Å². The van der Waals surface area contributed by atoms with E-state index in [9.17, 15) is 0 Å². The van der Waals surface area contributed by atoms with Gasteiger partial charge >= 0.3 is 0 Å². The summed E-state index contributed by atoms with van der Waals surface area (Å²) in [5, 5.41) is 23.8. The van der Waals surface area contributed by atoms with Crippen LogP contribution in [0, 0.1) is 27.7 Å². The average Bonchev–Trinajstić information content (AvgIpc) is 1.28. The molecule has 21 aromatic rings. The maximum Gasteiger partial charge on any atom is -0.000112 e. The number of hydrogen-bond acceptors (Lipinski definition) is 0. The molecule has 121 heavy (non-hydrogen) atoms. The number of rotatable bonds is 7. The van der Waals surface area contributed by atoms with Crippen LogP contribution in [0.5, 0.6) is 0 Å². The highest BCUT2D eigenvalue weighted by Crippen LogP contribution is 2.52. The van der Waals surface area contributed by atoms with E-state index in [2.05, 4.69) is 398 Å². The smallest absolute Gasteiger partial charge is 0.000112 e. The molecular weight excluding hydrogens is 1450 g/mol. The van der Waals surface area contributed by atoms with Crippen LogP contribution in [0.1, 0.15) is 99.2 Å². The molecule has 0 saturated heterocycles. The van der Waals surface area contributed by atoms with Crippen molar-refractivity contribution < 1.29 is 0 Å². The highest BCUT2D eigenvalue weighted by molar-refractivity contribution is 6.28. The van der Waals surface area contributed by atoms with Crippen molar-refractivity contribution in [2.75, 3.05) is 0 Å². The summed E-state index contributed by atoms with van der Waals surface area (Å²) in [6.45, 7) is 8.78. The van der Waals surface area contributed by atoms with E-state index in [1.165, 1.54) is 290 Å². The zero-order valence-corrected chi connectivity index (χ0v) is 69.0. The van der Waals surface area contributed by atoms with Crippen LogP contribution in [0.2, 0.25) is 0 Å². The standard InChI is InChI=1S/C43H34.2C39H28/c1-2-10-28(11-3-1)29-20-22-30(23-21-29)32-16-8-18-38-39-19-9-17-33(43(39)27-42(32)38)31-24-25-40-36-14-5-4-12-34(36)35-13-6-7-15-37(35)41(40)26-31;1-24-19-25(2)21-27(20-24)29-14-8-16-35-34-15-7-13-28(38(34)23-39(29)35)26-17-18-36-32-11-4-3-9-30(32)31-10-5-6-12-33(31)37(36)22-26;1-24-17-18-26(21-25(24)2)28-13-7-15-34-35-16-8-14-29(39(35)23-38(28)34)27-19-20-36-32-11-4-3-9-30(32)31-10-5-6-12-33(31)37(36)22-27/h4-9,12-26,28H,1-3,10-11,27H2;2*3-22H,23H2,1-2H3. The van der Waals surface area contributed by atoms with Crippen LogP contribution < -0.4 is 0 Å². The summed E-state index contributed by atoms with van der Waals surface area (Å²) in [5.74, 6) is 0.744. The summed E-state index contributed by atoms with van der Waals surface area (Å²) in [7, 11) is 0. The Labute approximate surface area is 708 Å². The summed E-state index contributed by atoms with van der Waals surface area (Å²) in [4.78, 5) is 0. The van der Waals surface area contributed by atoms with Crippen LogP contribution in [0.25, 0.3) is 197 Å². The Morgan fingerprint density at radius 2 is 0.405 bits per heavy atom. The monoisotopic (exact) mass is 1540 g/mol. The Bertz CT molecular complexity index is 7740. The second-order valence-corrected chi connectivity index (χ2v) is 34.7. The SMILES string of the molecule is Cc1cc(C)cc(-c2cccc3c2Cc2c(-c4ccc5c6ccccc6c6ccccc6c5c4)cccc2-3)c1.Cc1ccc(-c2cccc3c2Cc2c(-c4ccc5c6ccccc6c6ccccc6c5c4)cccc2-3)cc1C.c1cc(-c2ccc(C3CCCCC3)cc2)c2c(c1)-c1cccc(-c3ccc4c5ccccc5c5ccccc5c4c3)c1C2. The molecule has 0 unspecified atom stereocenters. The number of hydrogen-bond donors (Lipinski definition) is 0. The van der Waals surface area contributed by atoms with Crippen LogP contribution in [-0.2, 0) is 19.3 Å². The van der Waals surface area contributed by atoms with E-state index in [0.717, 1.165) is 25.2 Å². The zero-order chi connectivity index (χ0) is 80.5. The molecule has 0 spiro atoms. The first-order chi connectivity index (χ1) is 59.7. The fourth-order valence-electron chi connectivity index (χ4n) is 22.0. The van der Waals surface area contributed by atoms with E-state index in [1.807, 2.05) is 0 Å². The minimum atomic E-state index is 0.744. The number of benzene rings is 21. The molecule has 0 aromatic heterocycles. The predicted octanol–water partition coefficient (Wildman–Crippen LogP) is 33.4. The van der Waals surface area contributed by atoms with Gasteiger partial charge in [-0.1, -0.05) is 382 Å². The third-order valence-electron chi connectivity index (χ3n) is 27.8. The highest BCUT2D eigenvalue weighted by atomic mass is 14.3. The molecule has 0 nitrogen and oxygen atoms in total. The Morgan fingerprint density at radius 3 is 0.702 bits per heavy atom. The minimum Gasteiger partial charge on any atom is -0.0616 e. The van der Waals surface area contributed by atoms with Gasteiger partial charge in [0.2, 0.25) is 0 Å². The van der Waals surface area contributed by atoms with Crippen LogP contribution >= 0.6 is 0 Å². The van der Waals surface area contributed by atoms with Gasteiger partial charge in [-0.2, -0.15) is 0 Å². The normalized spacial score (nSPS) is 13.2. The quantitative estimate of drug-likeness (QED) is 0.140. The van der Waals surface area contributed by atoms with Gasteiger partial charge in [0, 0.05) is 0 Å². The molecule has 0 atom stereocenters. The third-order valence-corrected chi connectivity index (χ3v) is 27.8. The zero-order valence-electron chi connectivity index (χ0n) is 69.0. The molecule has 0 amide bonds. The van der Waals surface area contributed by atoms with Crippen molar-refractivity contribution in [3.8, 4) is 100 Å². The summed E-state index contributed by atoms with van der Waals surface area (Å²) in [5.41, 5.74) is 39.8. The van der Waals surface area contributed by atoms with Gasteiger partial charge in [0.05, 0.1) is 0 Å². The molecule has 4 aliphatic rings. The Kier molecular flexibility index (Phi) is 17.6. The predicted molar refractivity (Wildman–Crippen MR) is 519 cm³/mol. The van der Waals surface area contributed by atoms with Crippen molar-refractivity contribution in [1.29, 1.82) is 0 Å². The van der Waals surface area contributed by atoms with Gasteiger partial charge in [0.25, 0.3) is 0 Å². The largest absolute Gasteiger partial charge is 0.0616 e. The lowest BCUT2D eigenvalue weighted by atomic mass is 9.83. The summed E-state index contributed by atoms with van der Waals surface area (Å²) in [6, 6.07) is 139. The summed E-state index contributed by atoms with van der Waals surface area (Å²) >= 11 is 0. The summed E-state index contributed by atoms with van der Waals surface area (Å²) < 4.78 is 0. The molecule has 1 fully saturated rings. The maximum absolute atomic E-state index is 2.44. The molecule has 0 radical (unpaired) electrons. The molecule has 4 aliphatic carbocycles. The highest BCUT2D eigenvalue weighted by Gasteiger charge is 2.30. The molecule has 0 aliphatic heterocycles. The number of aryl methyl sites for hydroxylation is 4. The second kappa shape index (κ2) is 29.5. The van der Waals surface area contributed by atoms with Crippen LogP contribution in [0.4, 0.5) is 0 Å². The summed E-state index contributed by atoms with van der Waals surface area (Å²) in [6.07, 6.45) is 9.74. The molecular formula is C121H90. The van der Waals surface area contributed by atoms with E-state index in [4.69, 9.17) is 0 Å². The van der Waals surface area contributed by atoms with Gasteiger partial charge in [-0.3, -0.25) is 0 Å². The topological polar surface area (TPSA) is 0 Å². The van der Waals surface area contributed by atoms with Crippen molar-refractivity contribution in [3.05, 3.63) is 431 Å². The van der Waals surface area contributed by atoms with Gasteiger partial charge < -0.3 is 0 Å². The van der Waals surface area contributed by atoms with E-state index in [1.54, 1.807) is 0 Å². The fourth-order valence-corrected chi connectivity index (χ4v) is 22.0. The van der Waals surface area contributed by atoms with Crippen molar-refractivity contribution in [2.24, 2.45) is 0 Å². The lowest BCUT2D eigenvalue weighted by molar-refractivity contribution is 0.443. The molecule has 0 bridgehead atoms. The van der Waals surface area contributed by atoms with Crippen molar-refractivity contribution in [2.45, 2.75) is 85.0 Å². The van der Waals surface area contributed by atoms with Crippen molar-refractivity contribution >= 4 is 97.0 Å². The van der Waals surface area contributed by atoms with Crippen molar-refractivity contribution in [1.82, 2.24) is 0 Å². The lowest BCUT2D eigenvalue weighted by Gasteiger charge is -2.22. The Hall–Kier alpha value is -14.0. The van der Waals surface area contributed by atoms with Gasteiger partial charge in [-0.05, 0) is 331 Å². The minimum absolute atomic E-state index is 0.744. The van der Waals surface area contributed by atoms with E-state index in [-0.39, 0.29) is 0 Å². The second-order valence-electron chi connectivity index (χ2n) is 34.7. The third kappa shape index (κ3) is 12.2. The van der Waals surface area contributed by atoms with Gasteiger partial charge in [-0.25, -0.2) is 0 Å². The van der Waals surface area contributed by atoms with E-state index >= 15 is 0 Å². The average molecular weight is 1540 g/mol. The lowest BCUT2D eigenvalue weighted by Crippen LogP contribution is -2.04. The van der Waals surface area contributed by atoms with Gasteiger partial charge in [-0.15, -0.1) is 0 Å².